The fraction of sp³-hybridized carbons (Fsp3) is 0.211. The molecule has 1 aliphatic rings. The Morgan fingerprint density at radius 3 is 2.74 bits per heavy atom. The molecule has 23 heavy (non-hydrogen) atoms. The lowest BCUT2D eigenvalue weighted by atomic mass is 10.1. The molecule has 1 unspecified atom stereocenters. The lowest BCUT2D eigenvalue weighted by molar-refractivity contribution is 0.0790. The first-order valence-electron chi connectivity index (χ1n) is 7.84. The molecule has 0 bridgehead atoms. The first-order valence-corrected chi connectivity index (χ1v) is 8.63. The van der Waals surface area contributed by atoms with Gasteiger partial charge in [0.05, 0.1) is 5.56 Å². The zero-order valence-electron chi connectivity index (χ0n) is 12.6. The fourth-order valence-corrected chi connectivity index (χ4v) is 3.77. The Morgan fingerprint density at radius 1 is 1.13 bits per heavy atom. The van der Waals surface area contributed by atoms with Crippen molar-refractivity contribution >= 4 is 32.7 Å². The SMILES string of the molecule is O=C(c1ccccc1Br)N1CCC(c2cc3ccccc3[nH]2)C1. The molecule has 1 saturated heterocycles. The number of hydrogen-bond donors (Lipinski definition) is 1. The number of para-hydroxylation sites is 1. The van der Waals surface area contributed by atoms with Crippen LogP contribution in [0.15, 0.2) is 59.1 Å². The molecule has 1 N–H and O–H groups in total. The molecule has 116 valence electrons. The van der Waals surface area contributed by atoms with Crippen LogP contribution in [0.2, 0.25) is 0 Å². The maximum atomic E-state index is 12.7. The van der Waals surface area contributed by atoms with Gasteiger partial charge in [-0.3, -0.25) is 4.79 Å². The van der Waals surface area contributed by atoms with Crippen molar-refractivity contribution in [1.82, 2.24) is 9.88 Å². The van der Waals surface area contributed by atoms with Crippen LogP contribution in [0.25, 0.3) is 10.9 Å². The Morgan fingerprint density at radius 2 is 1.91 bits per heavy atom. The van der Waals surface area contributed by atoms with Crippen molar-refractivity contribution in [3.05, 3.63) is 70.3 Å². The third kappa shape index (κ3) is 2.68. The second-order valence-electron chi connectivity index (χ2n) is 6.03. The highest BCUT2D eigenvalue weighted by Crippen LogP contribution is 2.30. The molecular formula is C19H17BrN2O. The number of hydrogen-bond acceptors (Lipinski definition) is 1. The Kier molecular flexibility index (Phi) is 3.69. The zero-order chi connectivity index (χ0) is 15.8. The van der Waals surface area contributed by atoms with Crippen LogP contribution in [0.4, 0.5) is 0 Å². The van der Waals surface area contributed by atoms with Crippen LogP contribution in [0.1, 0.15) is 28.4 Å². The van der Waals surface area contributed by atoms with Crippen LogP contribution in [-0.4, -0.2) is 28.9 Å². The van der Waals surface area contributed by atoms with Crippen molar-refractivity contribution in [3.63, 3.8) is 0 Å². The Bertz CT molecular complexity index is 837. The van der Waals surface area contributed by atoms with E-state index in [9.17, 15) is 4.79 Å². The molecule has 1 atom stereocenters. The summed E-state index contributed by atoms with van der Waals surface area (Å²) in [5.74, 6) is 0.491. The third-order valence-corrected chi connectivity index (χ3v) is 5.26. The molecule has 0 saturated carbocycles. The van der Waals surface area contributed by atoms with E-state index in [1.165, 1.54) is 11.1 Å². The van der Waals surface area contributed by atoms with Crippen molar-refractivity contribution in [2.45, 2.75) is 12.3 Å². The molecular weight excluding hydrogens is 352 g/mol. The molecule has 2 heterocycles. The molecule has 3 nitrogen and oxygen atoms in total. The summed E-state index contributed by atoms with van der Waals surface area (Å²) in [4.78, 5) is 18.2. The number of likely N-dealkylation sites (tertiary alicyclic amines) is 1. The van der Waals surface area contributed by atoms with Gasteiger partial charge in [0.15, 0.2) is 0 Å². The standard InChI is InChI=1S/C19H17BrN2O/c20-16-7-3-2-6-15(16)19(23)22-10-9-14(12-22)18-11-13-5-1-4-8-17(13)21-18/h1-8,11,14,21H,9-10,12H2. The average molecular weight is 369 g/mol. The number of halogens is 1. The van der Waals surface area contributed by atoms with E-state index in [1.807, 2.05) is 35.2 Å². The summed E-state index contributed by atoms with van der Waals surface area (Å²) in [5.41, 5.74) is 3.14. The van der Waals surface area contributed by atoms with Gasteiger partial charge in [0.2, 0.25) is 0 Å². The fourth-order valence-electron chi connectivity index (χ4n) is 3.32. The van der Waals surface area contributed by atoms with E-state index >= 15 is 0 Å². The number of aromatic nitrogens is 1. The molecule has 1 fully saturated rings. The highest BCUT2D eigenvalue weighted by atomic mass is 79.9. The van der Waals surface area contributed by atoms with Crippen LogP contribution in [0, 0.1) is 0 Å². The molecule has 0 spiro atoms. The van der Waals surface area contributed by atoms with E-state index in [4.69, 9.17) is 0 Å². The van der Waals surface area contributed by atoms with E-state index in [-0.39, 0.29) is 5.91 Å². The summed E-state index contributed by atoms with van der Waals surface area (Å²) >= 11 is 3.47. The topological polar surface area (TPSA) is 36.1 Å². The van der Waals surface area contributed by atoms with Gasteiger partial charge in [-0.05, 0) is 52.0 Å². The molecule has 0 radical (unpaired) electrons. The number of carbonyl (C=O) groups excluding carboxylic acids is 1. The third-order valence-electron chi connectivity index (χ3n) is 4.57. The van der Waals surface area contributed by atoms with Crippen LogP contribution < -0.4 is 0 Å². The molecule has 2 aromatic carbocycles. The molecule has 1 amide bonds. The van der Waals surface area contributed by atoms with Crippen LogP contribution in [0.3, 0.4) is 0 Å². The molecule has 4 heteroatoms. The Balaban J connectivity index is 1.55. The largest absolute Gasteiger partial charge is 0.358 e. The summed E-state index contributed by atoms with van der Waals surface area (Å²) < 4.78 is 0.860. The lowest BCUT2D eigenvalue weighted by Crippen LogP contribution is -2.28. The number of carbonyl (C=O) groups is 1. The summed E-state index contributed by atoms with van der Waals surface area (Å²) in [6, 6.07) is 18.2. The Hall–Kier alpha value is -2.07. The highest BCUT2D eigenvalue weighted by Gasteiger charge is 2.29. The second kappa shape index (κ2) is 5.85. The maximum absolute atomic E-state index is 12.7. The maximum Gasteiger partial charge on any atom is 0.255 e. The predicted molar refractivity (Wildman–Crippen MR) is 95.7 cm³/mol. The summed E-state index contributed by atoms with van der Waals surface area (Å²) in [7, 11) is 0. The van der Waals surface area contributed by atoms with E-state index in [0.29, 0.717) is 5.92 Å². The summed E-state index contributed by atoms with van der Waals surface area (Å²) in [6.45, 7) is 1.58. The first kappa shape index (κ1) is 14.5. The number of fused-ring (bicyclic) bond motifs is 1. The van der Waals surface area contributed by atoms with E-state index < -0.39 is 0 Å². The normalized spacial score (nSPS) is 17.8. The molecule has 1 aliphatic heterocycles. The molecule has 1 aromatic heterocycles. The van der Waals surface area contributed by atoms with Crippen molar-refractivity contribution in [2.75, 3.05) is 13.1 Å². The van der Waals surface area contributed by atoms with E-state index in [0.717, 1.165) is 35.1 Å². The van der Waals surface area contributed by atoms with Crippen LogP contribution in [-0.2, 0) is 0 Å². The number of nitrogens with zero attached hydrogens (tertiary/aromatic N) is 1. The number of nitrogens with one attached hydrogen (secondary N) is 1. The number of benzene rings is 2. The van der Waals surface area contributed by atoms with Gasteiger partial charge in [0, 0.05) is 34.7 Å². The number of amides is 1. The minimum atomic E-state index is 0.107. The van der Waals surface area contributed by atoms with Gasteiger partial charge in [-0.25, -0.2) is 0 Å². The molecule has 3 aromatic rings. The van der Waals surface area contributed by atoms with Gasteiger partial charge < -0.3 is 9.88 Å². The van der Waals surface area contributed by atoms with Gasteiger partial charge in [0.25, 0.3) is 5.91 Å². The second-order valence-corrected chi connectivity index (χ2v) is 6.88. The van der Waals surface area contributed by atoms with E-state index in [1.54, 1.807) is 0 Å². The van der Waals surface area contributed by atoms with Crippen molar-refractivity contribution in [3.8, 4) is 0 Å². The molecule has 4 rings (SSSR count). The smallest absolute Gasteiger partial charge is 0.255 e. The summed E-state index contributed by atoms with van der Waals surface area (Å²) in [6.07, 6.45) is 1.00. The van der Waals surface area contributed by atoms with Gasteiger partial charge in [-0.1, -0.05) is 30.3 Å². The molecule has 0 aliphatic carbocycles. The van der Waals surface area contributed by atoms with Crippen molar-refractivity contribution < 1.29 is 4.79 Å². The average Bonchev–Trinajstić information content (AvgIpc) is 3.21. The number of H-pyrrole nitrogens is 1. The van der Waals surface area contributed by atoms with Gasteiger partial charge in [-0.2, -0.15) is 0 Å². The van der Waals surface area contributed by atoms with Gasteiger partial charge in [0.1, 0.15) is 0 Å². The number of aromatic amines is 1. The van der Waals surface area contributed by atoms with Gasteiger partial charge in [-0.15, -0.1) is 0 Å². The number of rotatable bonds is 2. The minimum Gasteiger partial charge on any atom is -0.358 e. The van der Waals surface area contributed by atoms with Crippen molar-refractivity contribution in [1.29, 1.82) is 0 Å². The van der Waals surface area contributed by atoms with Crippen LogP contribution >= 0.6 is 15.9 Å². The lowest BCUT2D eigenvalue weighted by Gasteiger charge is -2.17. The van der Waals surface area contributed by atoms with Crippen molar-refractivity contribution in [2.24, 2.45) is 0 Å². The zero-order valence-corrected chi connectivity index (χ0v) is 14.2. The van der Waals surface area contributed by atoms with E-state index in [2.05, 4.69) is 45.2 Å². The first-order chi connectivity index (χ1) is 11.2. The van der Waals surface area contributed by atoms with Gasteiger partial charge >= 0.3 is 0 Å². The monoisotopic (exact) mass is 368 g/mol. The van der Waals surface area contributed by atoms with Crippen LogP contribution in [0.5, 0.6) is 0 Å². The Labute approximate surface area is 143 Å². The highest BCUT2D eigenvalue weighted by molar-refractivity contribution is 9.10. The predicted octanol–water partition coefficient (Wildman–Crippen LogP) is 4.56. The summed E-state index contributed by atoms with van der Waals surface area (Å²) in [5, 5.41) is 1.23. The minimum absolute atomic E-state index is 0.107. The quantitative estimate of drug-likeness (QED) is 0.706.